The van der Waals surface area contributed by atoms with E-state index >= 15 is 0 Å². The Kier molecular flexibility index (Phi) is 4.33. The third-order valence-electron chi connectivity index (χ3n) is 3.18. The third kappa shape index (κ3) is 3.37. The van der Waals surface area contributed by atoms with Gasteiger partial charge >= 0.3 is 0 Å². The van der Waals surface area contributed by atoms with E-state index in [-0.39, 0.29) is 5.91 Å². The fourth-order valence-corrected chi connectivity index (χ4v) is 2.09. The van der Waals surface area contributed by atoms with Crippen molar-refractivity contribution in [3.8, 4) is 11.7 Å². The molecule has 3 rings (SSSR count). The molecule has 0 radical (unpaired) electrons. The number of nitrogens with one attached hydrogen (secondary N) is 1. The molecule has 0 bridgehead atoms. The second-order valence-corrected chi connectivity index (χ2v) is 4.74. The zero-order valence-electron chi connectivity index (χ0n) is 12.6. The molecular weight excluding hydrogens is 292 g/mol. The summed E-state index contributed by atoms with van der Waals surface area (Å²) in [6.45, 7) is 2.34. The molecule has 23 heavy (non-hydrogen) atoms. The first-order chi connectivity index (χ1) is 11.3. The number of aromatic nitrogens is 3. The molecule has 6 heteroatoms. The Bertz CT molecular complexity index is 783. The van der Waals surface area contributed by atoms with E-state index in [1.54, 1.807) is 36.7 Å². The zero-order valence-corrected chi connectivity index (χ0v) is 12.6. The number of amides is 1. The van der Waals surface area contributed by atoms with Gasteiger partial charge in [-0.3, -0.25) is 4.79 Å². The normalized spacial score (nSPS) is 10.3. The molecule has 0 saturated heterocycles. The van der Waals surface area contributed by atoms with E-state index in [4.69, 9.17) is 4.74 Å². The number of carbonyl (C=O) groups excluding carboxylic acids is 1. The highest BCUT2D eigenvalue weighted by molar-refractivity contribution is 6.04. The summed E-state index contributed by atoms with van der Waals surface area (Å²) in [4.78, 5) is 20.7. The summed E-state index contributed by atoms with van der Waals surface area (Å²) < 4.78 is 7.27. The second kappa shape index (κ2) is 6.74. The molecule has 0 unspecified atom stereocenters. The number of carbonyl (C=O) groups is 1. The van der Waals surface area contributed by atoms with E-state index in [1.807, 2.05) is 36.0 Å². The van der Waals surface area contributed by atoms with Crippen molar-refractivity contribution in [3.05, 3.63) is 66.7 Å². The number of pyridine rings is 2. The number of hydrogen-bond acceptors (Lipinski definition) is 4. The zero-order chi connectivity index (χ0) is 16.1. The van der Waals surface area contributed by atoms with E-state index < -0.39 is 0 Å². The maximum atomic E-state index is 12.3. The molecule has 0 atom stereocenters. The highest BCUT2D eigenvalue weighted by Crippen LogP contribution is 2.21. The minimum absolute atomic E-state index is 0.259. The molecule has 6 nitrogen and oxygen atoms in total. The van der Waals surface area contributed by atoms with E-state index in [1.165, 1.54) is 0 Å². The van der Waals surface area contributed by atoms with Gasteiger partial charge in [0.25, 0.3) is 5.91 Å². The van der Waals surface area contributed by atoms with Crippen molar-refractivity contribution in [2.24, 2.45) is 0 Å². The van der Waals surface area contributed by atoms with Gasteiger partial charge in [-0.25, -0.2) is 9.97 Å². The van der Waals surface area contributed by atoms with Crippen LogP contribution >= 0.6 is 0 Å². The first-order valence-corrected chi connectivity index (χ1v) is 7.26. The quantitative estimate of drug-likeness (QED) is 0.787. The first-order valence-electron chi connectivity index (χ1n) is 7.26. The lowest BCUT2D eigenvalue weighted by Gasteiger charge is -2.10. The van der Waals surface area contributed by atoms with Crippen LogP contribution < -0.4 is 10.1 Å². The Balaban J connectivity index is 1.76. The Morgan fingerprint density at radius 2 is 2.00 bits per heavy atom. The van der Waals surface area contributed by atoms with Gasteiger partial charge in [0.2, 0.25) is 5.88 Å². The number of anilines is 1. The second-order valence-electron chi connectivity index (χ2n) is 4.74. The molecule has 0 spiro atoms. The molecule has 3 aromatic heterocycles. The van der Waals surface area contributed by atoms with E-state index in [2.05, 4.69) is 15.3 Å². The van der Waals surface area contributed by atoms with Crippen LogP contribution in [-0.4, -0.2) is 27.0 Å². The van der Waals surface area contributed by atoms with Crippen molar-refractivity contribution in [3.63, 3.8) is 0 Å². The van der Waals surface area contributed by atoms with Crippen LogP contribution in [0.15, 0.2) is 61.2 Å². The highest BCUT2D eigenvalue weighted by Gasteiger charge is 2.11. The van der Waals surface area contributed by atoms with Crippen LogP contribution in [0.4, 0.5) is 5.69 Å². The summed E-state index contributed by atoms with van der Waals surface area (Å²) in [6.07, 6.45) is 6.95. The predicted molar refractivity (Wildman–Crippen MR) is 86.9 cm³/mol. The van der Waals surface area contributed by atoms with Crippen LogP contribution in [-0.2, 0) is 0 Å². The average molecular weight is 308 g/mol. The first kappa shape index (κ1) is 14.8. The molecule has 0 aromatic carbocycles. The summed E-state index contributed by atoms with van der Waals surface area (Å²) in [5, 5.41) is 2.79. The molecule has 1 N–H and O–H groups in total. The monoisotopic (exact) mass is 308 g/mol. The van der Waals surface area contributed by atoms with Gasteiger partial charge in [0.05, 0.1) is 12.2 Å². The van der Waals surface area contributed by atoms with Crippen molar-refractivity contribution in [1.82, 2.24) is 14.5 Å². The molecule has 3 heterocycles. The lowest BCUT2D eigenvalue weighted by Crippen LogP contribution is -2.14. The van der Waals surface area contributed by atoms with Crippen molar-refractivity contribution < 1.29 is 9.53 Å². The van der Waals surface area contributed by atoms with Gasteiger partial charge in [-0.2, -0.15) is 0 Å². The van der Waals surface area contributed by atoms with Crippen molar-refractivity contribution >= 4 is 11.6 Å². The SMILES string of the molecule is CCOc1ncccc1NC(=O)c1ccc(-n2cccc2)nc1. The summed E-state index contributed by atoms with van der Waals surface area (Å²) in [5.41, 5.74) is 1.00. The lowest BCUT2D eigenvalue weighted by atomic mass is 10.2. The van der Waals surface area contributed by atoms with E-state index in [9.17, 15) is 4.79 Å². The summed E-state index contributed by atoms with van der Waals surface area (Å²) in [7, 11) is 0. The van der Waals surface area contributed by atoms with Crippen LogP contribution in [0, 0.1) is 0 Å². The van der Waals surface area contributed by atoms with E-state index in [0.717, 1.165) is 5.82 Å². The van der Waals surface area contributed by atoms with Gasteiger partial charge in [-0.05, 0) is 43.3 Å². The maximum Gasteiger partial charge on any atom is 0.257 e. The van der Waals surface area contributed by atoms with Crippen molar-refractivity contribution in [2.45, 2.75) is 6.92 Å². The summed E-state index contributed by atoms with van der Waals surface area (Å²) >= 11 is 0. The Morgan fingerprint density at radius 3 is 2.70 bits per heavy atom. The largest absolute Gasteiger partial charge is 0.476 e. The van der Waals surface area contributed by atoms with Gasteiger partial charge in [0, 0.05) is 24.8 Å². The predicted octanol–water partition coefficient (Wildman–Crippen LogP) is 2.92. The number of hydrogen-bond donors (Lipinski definition) is 1. The van der Waals surface area contributed by atoms with Gasteiger partial charge in [-0.15, -0.1) is 0 Å². The maximum absolute atomic E-state index is 12.3. The standard InChI is InChI=1S/C17H16N4O2/c1-2-23-17-14(6-5-9-18-17)20-16(22)13-7-8-15(19-12-13)21-10-3-4-11-21/h3-12H,2H2,1H3,(H,20,22). The van der Waals surface area contributed by atoms with Crippen molar-refractivity contribution in [2.75, 3.05) is 11.9 Å². The van der Waals surface area contributed by atoms with Crippen LogP contribution in [0.3, 0.4) is 0 Å². The topological polar surface area (TPSA) is 69.0 Å². The van der Waals surface area contributed by atoms with Gasteiger partial charge in [0.1, 0.15) is 11.5 Å². The smallest absolute Gasteiger partial charge is 0.257 e. The van der Waals surface area contributed by atoms with Crippen LogP contribution in [0.25, 0.3) is 5.82 Å². The third-order valence-corrected chi connectivity index (χ3v) is 3.18. The fraction of sp³-hybridized carbons (Fsp3) is 0.118. The lowest BCUT2D eigenvalue weighted by molar-refractivity contribution is 0.102. The van der Waals surface area contributed by atoms with Crippen LogP contribution in [0.2, 0.25) is 0 Å². The average Bonchev–Trinajstić information content (AvgIpc) is 3.11. The molecule has 3 aromatic rings. The Labute approximate surface area is 133 Å². The number of ether oxygens (including phenoxy) is 1. The van der Waals surface area contributed by atoms with Crippen LogP contribution in [0.1, 0.15) is 17.3 Å². The minimum Gasteiger partial charge on any atom is -0.476 e. The molecular formula is C17H16N4O2. The molecule has 0 saturated carbocycles. The van der Waals surface area contributed by atoms with Crippen LogP contribution in [0.5, 0.6) is 5.88 Å². The molecule has 116 valence electrons. The minimum atomic E-state index is -0.259. The van der Waals surface area contributed by atoms with Gasteiger partial charge in [0.15, 0.2) is 0 Å². The van der Waals surface area contributed by atoms with E-state index in [0.29, 0.717) is 23.7 Å². The van der Waals surface area contributed by atoms with Gasteiger partial charge < -0.3 is 14.6 Å². The summed E-state index contributed by atoms with van der Waals surface area (Å²) in [6, 6.07) is 10.8. The molecule has 0 aliphatic carbocycles. The molecule has 0 aliphatic rings. The Morgan fingerprint density at radius 1 is 1.17 bits per heavy atom. The summed E-state index contributed by atoms with van der Waals surface area (Å²) in [5.74, 6) is 0.897. The molecule has 0 aliphatic heterocycles. The molecule has 1 amide bonds. The Hall–Kier alpha value is -3.15. The van der Waals surface area contributed by atoms with Crippen molar-refractivity contribution in [1.29, 1.82) is 0 Å². The van der Waals surface area contributed by atoms with Gasteiger partial charge in [-0.1, -0.05) is 0 Å². The number of nitrogens with zero attached hydrogens (tertiary/aromatic N) is 3. The molecule has 0 fully saturated rings. The highest BCUT2D eigenvalue weighted by atomic mass is 16.5. The fourth-order valence-electron chi connectivity index (χ4n) is 2.09. The number of rotatable bonds is 5.